The fraction of sp³-hybridized carbons (Fsp3) is 0.391. The average molecular weight is 444 g/mol. The van der Waals surface area contributed by atoms with Gasteiger partial charge in [-0.15, -0.1) is 0 Å². The maximum Gasteiger partial charge on any atom is 0.254 e. The summed E-state index contributed by atoms with van der Waals surface area (Å²) < 4.78 is 27.2. The Balaban J connectivity index is 1.62. The van der Waals surface area contributed by atoms with Gasteiger partial charge in [-0.3, -0.25) is 9.59 Å². The summed E-state index contributed by atoms with van der Waals surface area (Å²) in [6.07, 6.45) is 1.88. The maximum atomic E-state index is 12.9. The van der Waals surface area contributed by atoms with E-state index in [0.717, 1.165) is 18.4 Å². The summed E-state index contributed by atoms with van der Waals surface area (Å²) in [5.74, 6) is -0.322. The topological polar surface area (TPSA) is 86.8 Å². The molecule has 8 heteroatoms. The van der Waals surface area contributed by atoms with Gasteiger partial charge in [-0.2, -0.15) is 4.31 Å². The predicted octanol–water partition coefficient (Wildman–Crippen LogP) is 3.13. The molecule has 166 valence electrons. The number of anilines is 1. The number of amides is 2. The zero-order valence-corrected chi connectivity index (χ0v) is 19.0. The molecule has 0 unspecified atom stereocenters. The van der Waals surface area contributed by atoms with Crippen molar-refractivity contribution in [2.24, 2.45) is 5.92 Å². The molecule has 1 N–H and O–H groups in total. The Bertz CT molecular complexity index is 1030. The van der Waals surface area contributed by atoms with E-state index in [1.54, 1.807) is 12.1 Å². The van der Waals surface area contributed by atoms with Crippen LogP contribution in [-0.2, 0) is 14.8 Å². The number of aryl methyl sites for hydroxylation is 1. The van der Waals surface area contributed by atoms with Crippen LogP contribution in [0.1, 0.15) is 35.7 Å². The number of likely N-dealkylation sites (N-methyl/N-ethyl adjacent to an activating group) is 1. The van der Waals surface area contributed by atoms with Gasteiger partial charge in [0.15, 0.2) is 0 Å². The number of carbonyl (C=O) groups is 2. The van der Waals surface area contributed by atoms with Crippen LogP contribution in [0.2, 0.25) is 0 Å². The van der Waals surface area contributed by atoms with Gasteiger partial charge in [0.1, 0.15) is 0 Å². The van der Waals surface area contributed by atoms with Gasteiger partial charge in [-0.1, -0.05) is 24.6 Å². The number of hydrogen-bond donors (Lipinski definition) is 1. The van der Waals surface area contributed by atoms with E-state index >= 15 is 0 Å². The number of sulfonamides is 1. The molecule has 0 radical (unpaired) electrons. The van der Waals surface area contributed by atoms with E-state index in [-0.39, 0.29) is 23.3 Å². The van der Waals surface area contributed by atoms with E-state index in [4.69, 9.17) is 0 Å². The summed E-state index contributed by atoms with van der Waals surface area (Å²) in [5, 5.41) is 2.76. The lowest BCUT2D eigenvalue weighted by Crippen LogP contribution is -2.39. The Labute approximate surface area is 184 Å². The Hall–Kier alpha value is -2.71. The second-order valence-electron chi connectivity index (χ2n) is 8.21. The average Bonchev–Trinajstić information content (AvgIpc) is 2.75. The molecular formula is C23H29N3O4S. The number of hydrogen-bond acceptors (Lipinski definition) is 4. The van der Waals surface area contributed by atoms with Crippen molar-refractivity contribution in [3.63, 3.8) is 0 Å². The number of carbonyl (C=O) groups excluding carboxylic acids is 2. The summed E-state index contributed by atoms with van der Waals surface area (Å²) in [5.41, 5.74) is 2.08. The summed E-state index contributed by atoms with van der Waals surface area (Å²) in [6, 6.07) is 13.3. The van der Waals surface area contributed by atoms with Crippen LogP contribution in [0.5, 0.6) is 0 Å². The molecule has 31 heavy (non-hydrogen) atoms. The lowest BCUT2D eigenvalue weighted by Gasteiger charge is -2.30. The van der Waals surface area contributed by atoms with Gasteiger partial charge in [-0.05, 0) is 62.1 Å². The molecule has 1 aliphatic heterocycles. The van der Waals surface area contributed by atoms with Gasteiger partial charge in [-0.25, -0.2) is 8.42 Å². The molecule has 2 amide bonds. The van der Waals surface area contributed by atoms with Gasteiger partial charge in [0.25, 0.3) is 5.91 Å². The monoisotopic (exact) mass is 443 g/mol. The van der Waals surface area contributed by atoms with Crippen molar-refractivity contribution in [3.8, 4) is 0 Å². The Morgan fingerprint density at radius 3 is 2.35 bits per heavy atom. The SMILES string of the molecule is Cc1ccc(NC(=O)CN(C)C(=O)c2ccc(S(=O)(=O)N3CCC[C@H](C)C3)cc2)cc1. The Kier molecular flexibility index (Phi) is 7.12. The second kappa shape index (κ2) is 9.62. The third-order valence-corrected chi connectivity index (χ3v) is 7.30. The van der Waals surface area contributed by atoms with Gasteiger partial charge < -0.3 is 10.2 Å². The first-order valence-electron chi connectivity index (χ1n) is 10.4. The lowest BCUT2D eigenvalue weighted by atomic mass is 10.0. The van der Waals surface area contributed by atoms with Crippen molar-refractivity contribution in [2.75, 3.05) is 32.0 Å². The van der Waals surface area contributed by atoms with Crippen molar-refractivity contribution < 1.29 is 18.0 Å². The molecule has 0 saturated carbocycles. The molecule has 1 saturated heterocycles. The molecule has 0 spiro atoms. The van der Waals surface area contributed by atoms with Crippen LogP contribution in [-0.4, -0.2) is 56.1 Å². The van der Waals surface area contributed by atoms with Crippen LogP contribution in [0.25, 0.3) is 0 Å². The molecule has 1 aliphatic rings. The van der Waals surface area contributed by atoms with Crippen LogP contribution in [0.15, 0.2) is 53.4 Å². The van der Waals surface area contributed by atoms with E-state index in [0.29, 0.717) is 30.3 Å². The summed E-state index contributed by atoms with van der Waals surface area (Å²) in [6.45, 7) is 4.93. The second-order valence-corrected chi connectivity index (χ2v) is 10.1. The number of nitrogens with zero attached hydrogens (tertiary/aromatic N) is 2. The molecule has 0 aromatic heterocycles. The molecule has 2 aromatic carbocycles. The number of nitrogens with one attached hydrogen (secondary N) is 1. The summed E-state index contributed by atoms with van der Waals surface area (Å²) in [4.78, 5) is 26.4. The predicted molar refractivity (Wildman–Crippen MR) is 120 cm³/mol. The summed E-state index contributed by atoms with van der Waals surface area (Å²) >= 11 is 0. The fourth-order valence-electron chi connectivity index (χ4n) is 3.63. The van der Waals surface area contributed by atoms with Crippen molar-refractivity contribution >= 4 is 27.5 Å². The smallest absolute Gasteiger partial charge is 0.254 e. The van der Waals surface area contributed by atoms with Gasteiger partial charge in [0, 0.05) is 31.4 Å². The number of rotatable bonds is 6. The van der Waals surface area contributed by atoms with Crippen LogP contribution in [0.3, 0.4) is 0 Å². The normalized spacial score (nSPS) is 17.2. The van der Waals surface area contributed by atoms with Crippen LogP contribution >= 0.6 is 0 Å². The van der Waals surface area contributed by atoms with Crippen LogP contribution in [0, 0.1) is 12.8 Å². The Morgan fingerprint density at radius 2 is 1.74 bits per heavy atom. The highest BCUT2D eigenvalue weighted by molar-refractivity contribution is 7.89. The minimum Gasteiger partial charge on any atom is -0.332 e. The first kappa shape index (κ1) is 23.0. The van der Waals surface area contributed by atoms with E-state index in [1.807, 2.05) is 26.0 Å². The molecule has 1 atom stereocenters. The largest absolute Gasteiger partial charge is 0.332 e. The van der Waals surface area contributed by atoms with Crippen molar-refractivity contribution in [3.05, 3.63) is 59.7 Å². The third kappa shape index (κ3) is 5.71. The van der Waals surface area contributed by atoms with E-state index < -0.39 is 10.0 Å². The maximum absolute atomic E-state index is 12.9. The minimum absolute atomic E-state index is 0.113. The van der Waals surface area contributed by atoms with Crippen LogP contribution in [0.4, 0.5) is 5.69 Å². The standard InChI is InChI=1S/C23H29N3O4S/c1-17-6-10-20(11-7-17)24-22(27)16-25(3)23(28)19-8-12-21(13-9-19)31(29,30)26-14-4-5-18(2)15-26/h6-13,18H,4-5,14-16H2,1-3H3,(H,24,27)/t18-/m0/s1. The zero-order chi connectivity index (χ0) is 22.6. The third-order valence-electron chi connectivity index (χ3n) is 5.42. The molecule has 7 nitrogen and oxygen atoms in total. The first-order chi connectivity index (χ1) is 14.7. The highest BCUT2D eigenvalue weighted by Gasteiger charge is 2.28. The highest BCUT2D eigenvalue weighted by Crippen LogP contribution is 2.23. The molecule has 1 heterocycles. The minimum atomic E-state index is -3.57. The molecule has 0 bridgehead atoms. The Morgan fingerprint density at radius 1 is 1.10 bits per heavy atom. The zero-order valence-electron chi connectivity index (χ0n) is 18.2. The van der Waals surface area contributed by atoms with Crippen molar-refractivity contribution in [1.29, 1.82) is 0 Å². The van der Waals surface area contributed by atoms with E-state index in [9.17, 15) is 18.0 Å². The van der Waals surface area contributed by atoms with Crippen molar-refractivity contribution in [1.82, 2.24) is 9.21 Å². The summed E-state index contributed by atoms with van der Waals surface area (Å²) in [7, 11) is -2.03. The quantitative estimate of drug-likeness (QED) is 0.743. The number of piperidine rings is 1. The first-order valence-corrected chi connectivity index (χ1v) is 11.8. The molecule has 0 aliphatic carbocycles. The molecule has 1 fully saturated rings. The van der Waals surface area contributed by atoms with Gasteiger partial charge in [0.05, 0.1) is 11.4 Å². The molecule has 3 rings (SSSR count). The number of benzene rings is 2. The van der Waals surface area contributed by atoms with Crippen molar-refractivity contribution in [2.45, 2.75) is 31.6 Å². The molecule has 2 aromatic rings. The molecular weight excluding hydrogens is 414 g/mol. The van der Waals surface area contributed by atoms with Gasteiger partial charge >= 0.3 is 0 Å². The lowest BCUT2D eigenvalue weighted by molar-refractivity contribution is -0.116. The fourth-order valence-corrected chi connectivity index (χ4v) is 5.23. The van der Waals surface area contributed by atoms with E-state index in [2.05, 4.69) is 5.32 Å². The van der Waals surface area contributed by atoms with E-state index in [1.165, 1.54) is 40.5 Å². The highest BCUT2D eigenvalue weighted by atomic mass is 32.2. The van der Waals surface area contributed by atoms with Crippen LogP contribution < -0.4 is 5.32 Å². The van der Waals surface area contributed by atoms with Gasteiger partial charge in [0.2, 0.25) is 15.9 Å².